The average Bonchev–Trinajstić information content (AvgIpc) is 2.55. The van der Waals surface area contributed by atoms with Crippen molar-refractivity contribution in [3.05, 3.63) is 28.3 Å². The molecule has 7 nitrogen and oxygen atoms in total. The number of nitrogens with zero attached hydrogens (tertiary/aromatic N) is 1. The SMILES string of the molecule is C[C@H](Nc1ccc(S(=O)(=O)C(F)F)cc1[N+](=O)[O-])[C@H]1CCCOC1. The summed E-state index contributed by atoms with van der Waals surface area (Å²) in [7, 11) is -4.88. The van der Waals surface area contributed by atoms with Gasteiger partial charge in [0.25, 0.3) is 5.69 Å². The van der Waals surface area contributed by atoms with Crippen molar-refractivity contribution in [1.82, 2.24) is 0 Å². The van der Waals surface area contributed by atoms with Gasteiger partial charge in [-0.2, -0.15) is 8.78 Å². The second kappa shape index (κ2) is 7.39. The first kappa shape index (κ1) is 18.5. The van der Waals surface area contributed by atoms with E-state index in [-0.39, 0.29) is 17.6 Å². The van der Waals surface area contributed by atoms with Gasteiger partial charge in [0.15, 0.2) is 0 Å². The molecule has 10 heteroatoms. The van der Waals surface area contributed by atoms with Crippen molar-refractivity contribution in [2.45, 2.75) is 36.5 Å². The van der Waals surface area contributed by atoms with Crippen LogP contribution in [0.3, 0.4) is 0 Å². The summed E-state index contributed by atoms with van der Waals surface area (Å²) in [5.74, 6) is -3.47. The van der Waals surface area contributed by atoms with Crippen LogP contribution < -0.4 is 5.32 Å². The topological polar surface area (TPSA) is 98.5 Å². The van der Waals surface area contributed by atoms with E-state index in [1.165, 1.54) is 0 Å². The molecule has 1 saturated heterocycles. The zero-order valence-corrected chi connectivity index (χ0v) is 13.8. The van der Waals surface area contributed by atoms with Gasteiger partial charge in [-0.05, 0) is 31.9 Å². The summed E-state index contributed by atoms with van der Waals surface area (Å²) in [6, 6.07) is 2.60. The number of nitro groups is 1. The highest BCUT2D eigenvalue weighted by molar-refractivity contribution is 7.91. The van der Waals surface area contributed by atoms with Crippen LogP contribution >= 0.6 is 0 Å². The molecule has 1 aliphatic rings. The number of halogens is 2. The summed E-state index contributed by atoms with van der Waals surface area (Å²) in [6.45, 7) is 3.05. The highest BCUT2D eigenvalue weighted by Gasteiger charge is 2.30. The molecule has 0 aliphatic carbocycles. The standard InChI is InChI=1S/C14H18F2N2O5S/c1-9(10-3-2-6-23-8-10)17-12-5-4-11(7-13(12)18(19)20)24(21,22)14(15)16/h4-5,7,9-10,14,17H,2-3,6,8H2,1H3/t9-,10-/m0/s1. The van der Waals surface area contributed by atoms with Crippen LogP contribution in [0.4, 0.5) is 20.2 Å². The minimum Gasteiger partial charge on any atom is -0.381 e. The van der Waals surface area contributed by atoms with Gasteiger partial charge >= 0.3 is 5.76 Å². The highest BCUT2D eigenvalue weighted by atomic mass is 32.2. The summed E-state index contributed by atoms with van der Waals surface area (Å²) in [5.41, 5.74) is -0.466. The van der Waals surface area contributed by atoms with Gasteiger partial charge in [0, 0.05) is 24.6 Å². The van der Waals surface area contributed by atoms with Gasteiger partial charge in [0.1, 0.15) is 5.69 Å². The summed E-state index contributed by atoms with van der Waals surface area (Å²) in [6.07, 6.45) is 1.80. The van der Waals surface area contributed by atoms with E-state index in [1.54, 1.807) is 0 Å². The van der Waals surface area contributed by atoms with E-state index in [0.29, 0.717) is 19.3 Å². The monoisotopic (exact) mass is 364 g/mol. The van der Waals surface area contributed by atoms with Crippen LogP contribution in [0.1, 0.15) is 19.8 Å². The van der Waals surface area contributed by atoms with Crippen LogP contribution in [0.2, 0.25) is 0 Å². The fourth-order valence-corrected chi connectivity index (χ4v) is 3.33. The number of nitro benzene ring substituents is 1. The molecule has 0 spiro atoms. The molecule has 1 N–H and O–H groups in total. The van der Waals surface area contributed by atoms with E-state index in [2.05, 4.69) is 5.32 Å². The van der Waals surface area contributed by atoms with Crippen LogP contribution in [0.5, 0.6) is 0 Å². The molecule has 134 valence electrons. The Morgan fingerprint density at radius 2 is 2.12 bits per heavy atom. The molecule has 1 aliphatic heterocycles. The molecule has 24 heavy (non-hydrogen) atoms. The van der Waals surface area contributed by atoms with Crippen LogP contribution in [0.15, 0.2) is 23.1 Å². The molecule has 0 aromatic heterocycles. The Balaban J connectivity index is 2.28. The van der Waals surface area contributed by atoms with Crippen molar-refractivity contribution in [2.75, 3.05) is 18.5 Å². The van der Waals surface area contributed by atoms with Crippen molar-refractivity contribution >= 4 is 21.2 Å². The van der Waals surface area contributed by atoms with E-state index in [0.717, 1.165) is 25.0 Å². The zero-order chi connectivity index (χ0) is 17.9. The Labute approximate surface area is 138 Å². The maximum absolute atomic E-state index is 12.6. The lowest BCUT2D eigenvalue weighted by atomic mass is 9.94. The molecule has 1 aromatic rings. The second-order valence-corrected chi connectivity index (χ2v) is 7.57. The van der Waals surface area contributed by atoms with Gasteiger partial charge in [0.2, 0.25) is 9.84 Å². The Morgan fingerprint density at radius 1 is 1.42 bits per heavy atom. The fourth-order valence-electron chi connectivity index (χ4n) is 2.59. The second-order valence-electron chi connectivity index (χ2n) is 5.65. The number of sulfone groups is 1. The zero-order valence-electron chi connectivity index (χ0n) is 12.9. The molecule has 0 radical (unpaired) electrons. The van der Waals surface area contributed by atoms with Crippen molar-refractivity contribution < 1.29 is 26.9 Å². The van der Waals surface area contributed by atoms with Gasteiger partial charge < -0.3 is 10.1 Å². The van der Waals surface area contributed by atoms with E-state index in [9.17, 15) is 27.3 Å². The van der Waals surface area contributed by atoms with E-state index in [4.69, 9.17) is 4.74 Å². The number of anilines is 1. The minimum absolute atomic E-state index is 0.0892. The number of hydrogen-bond acceptors (Lipinski definition) is 6. The fraction of sp³-hybridized carbons (Fsp3) is 0.571. The number of rotatable bonds is 6. The first-order valence-corrected chi connectivity index (χ1v) is 8.93. The van der Waals surface area contributed by atoms with Crippen LogP contribution in [-0.4, -0.2) is 38.4 Å². The molecule has 1 heterocycles. The van der Waals surface area contributed by atoms with E-state index >= 15 is 0 Å². The van der Waals surface area contributed by atoms with Crippen molar-refractivity contribution in [3.63, 3.8) is 0 Å². The van der Waals surface area contributed by atoms with Gasteiger partial charge in [-0.1, -0.05) is 0 Å². The van der Waals surface area contributed by atoms with E-state index < -0.39 is 31.1 Å². The highest BCUT2D eigenvalue weighted by Crippen LogP contribution is 2.31. The molecule has 1 aromatic carbocycles. The molecule has 0 bridgehead atoms. The van der Waals surface area contributed by atoms with Crippen molar-refractivity contribution in [1.29, 1.82) is 0 Å². The van der Waals surface area contributed by atoms with Gasteiger partial charge in [-0.15, -0.1) is 0 Å². The number of ether oxygens (including phenoxy) is 1. The molecule has 0 amide bonds. The maximum Gasteiger partial charge on any atom is 0.341 e. The molecule has 1 fully saturated rings. The summed E-state index contributed by atoms with van der Waals surface area (Å²) >= 11 is 0. The molecule has 0 saturated carbocycles. The van der Waals surface area contributed by atoms with Gasteiger partial charge in [0.05, 0.1) is 16.4 Å². The largest absolute Gasteiger partial charge is 0.381 e. The molecule has 2 rings (SSSR count). The normalized spacial score (nSPS) is 19.9. The molecular formula is C14H18F2N2O5S. The Hall–Kier alpha value is -1.81. The summed E-state index contributed by atoms with van der Waals surface area (Å²) in [4.78, 5) is 9.62. The Morgan fingerprint density at radius 3 is 2.67 bits per heavy atom. The lowest BCUT2D eigenvalue weighted by Gasteiger charge is -2.28. The Kier molecular flexibility index (Phi) is 5.70. The predicted octanol–water partition coefficient (Wildman–Crippen LogP) is 2.82. The number of benzene rings is 1. The van der Waals surface area contributed by atoms with Gasteiger partial charge in [-0.25, -0.2) is 8.42 Å². The summed E-state index contributed by atoms with van der Waals surface area (Å²) < 4.78 is 53.5. The lowest BCUT2D eigenvalue weighted by molar-refractivity contribution is -0.384. The van der Waals surface area contributed by atoms with Gasteiger partial charge in [-0.3, -0.25) is 10.1 Å². The molecular weight excluding hydrogens is 346 g/mol. The molecule has 2 atom stereocenters. The third-order valence-electron chi connectivity index (χ3n) is 4.01. The Bertz CT molecular complexity index is 705. The number of hydrogen-bond donors (Lipinski definition) is 1. The third-order valence-corrected chi connectivity index (χ3v) is 5.39. The lowest BCUT2D eigenvalue weighted by Crippen LogP contribution is -2.32. The average molecular weight is 364 g/mol. The van der Waals surface area contributed by atoms with Crippen molar-refractivity contribution in [2.24, 2.45) is 5.92 Å². The van der Waals surface area contributed by atoms with Crippen LogP contribution in [0.25, 0.3) is 0 Å². The smallest absolute Gasteiger partial charge is 0.341 e. The third kappa shape index (κ3) is 3.99. The quantitative estimate of drug-likeness (QED) is 0.616. The first-order valence-electron chi connectivity index (χ1n) is 7.38. The predicted molar refractivity (Wildman–Crippen MR) is 82.9 cm³/mol. The van der Waals surface area contributed by atoms with E-state index in [1.807, 2.05) is 6.92 Å². The van der Waals surface area contributed by atoms with Crippen LogP contribution in [0, 0.1) is 16.0 Å². The first-order chi connectivity index (χ1) is 11.2. The minimum atomic E-state index is -4.88. The summed E-state index contributed by atoms with van der Waals surface area (Å²) in [5, 5.41) is 14.2. The molecule has 0 unspecified atom stereocenters. The number of nitrogens with one attached hydrogen (secondary N) is 1. The van der Waals surface area contributed by atoms with Crippen LogP contribution in [-0.2, 0) is 14.6 Å². The maximum atomic E-state index is 12.6. The van der Waals surface area contributed by atoms with Crippen molar-refractivity contribution in [3.8, 4) is 0 Å². The number of alkyl halides is 2.